The van der Waals surface area contributed by atoms with Crippen LogP contribution < -0.4 is 11.2 Å². The number of hydrogen-bond acceptors (Lipinski definition) is 3. The molecule has 13 heavy (non-hydrogen) atoms. The van der Waals surface area contributed by atoms with Crippen LogP contribution in [-0.2, 0) is 14.4 Å². The monoisotopic (exact) mass is 188 g/mol. The summed E-state index contributed by atoms with van der Waals surface area (Å²) in [6, 6.07) is 0. The van der Waals surface area contributed by atoms with E-state index in [1.54, 1.807) is 0 Å². The minimum atomic E-state index is -0.603. The Balaban J connectivity index is 3.25. The van der Waals surface area contributed by atoms with Gasteiger partial charge in [-0.15, -0.1) is 0 Å². The first-order valence-electron chi connectivity index (χ1n) is 4.35. The highest BCUT2D eigenvalue weighted by atomic mass is 16.7. The first-order chi connectivity index (χ1) is 6.16. The molecule has 0 aliphatic rings. The number of hydrogen-bond donors (Lipinski definition) is 2. The Morgan fingerprint density at radius 2 is 2.08 bits per heavy atom. The van der Waals surface area contributed by atoms with Crippen LogP contribution in [0.1, 0.15) is 32.6 Å². The number of carbonyl (C=O) groups excluding carboxylic acids is 2. The van der Waals surface area contributed by atoms with Gasteiger partial charge >= 0.3 is 0 Å². The molecule has 5 nitrogen and oxygen atoms in total. The van der Waals surface area contributed by atoms with Gasteiger partial charge in [0.25, 0.3) is 0 Å². The van der Waals surface area contributed by atoms with E-state index < -0.39 is 5.91 Å². The highest BCUT2D eigenvalue weighted by Crippen LogP contribution is 1.97. The standard InChI is InChI=1S/C8H16N2O3/c1-2-3-4-5-8(12)10-13-6-7(9)11/h2-6H2,1H3,(H2,9,11)(H,10,12). The van der Waals surface area contributed by atoms with E-state index in [4.69, 9.17) is 5.73 Å². The molecule has 0 aliphatic carbocycles. The van der Waals surface area contributed by atoms with Crippen molar-refractivity contribution in [3.63, 3.8) is 0 Å². The highest BCUT2D eigenvalue weighted by Gasteiger charge is 2.01. The largest absolute Gasteiger partial charge is 0.368 e. The van der Waals surface area contributed by atoms with Crippen LogP contribution in [0.4, 0.5) is 0 Å². The van der Waals surface area contributed by atoms with Crippen LogP contribution >= 0.6 is 0 Å². The van der Waals surface area contributed by atoms with Gasteiger partial charge in [0.1, 0.15) is 0 Å². The zero-order chi connectivity index (χ0) is 10.1. The zero-order valence-corrected chi connectivity index (χ0v) is 7.84. The Labute approximate surface area is 77.6 Å². The van der Waals surface area contributed by atoms with E-state index >= 15 is 0 Å². The van der Waals surface area contributed by atoms with Gasteiger partial charge in [-0.25, -0.2) is 5.48 Å². The van der Waals surface area contributed by atoms with Crippen molar-refractivity contribution in [1.82, 2.24) is 5.48 Å². The van der Waals surface area contributed by atoms with Crippen molar-refractivity contribution < 1.29 is 14.4 Å². The summed E-state index contributed by atoms with van der Waals surface area (Å²) in [4.78, 5) is 25.6. The summed E-state index contributed by atoms with van der Waals surface area (Å²) < 4.78 is 0. The van der Waals surface area contributed by atoms with Crippen LogP contribution in [0.3, 0.4) is 0 Å². The van der Waals surface area contributed by atoms with Crippen LogP contribution in [0.25, 0.3) is 0 Å². The van der Waals surface area contributed by atoms with Crippen molar-refractivity contribution in [2.45, 2.75) is 32.6 Å². The van der Waals surface area contributed by atoms with Crippen molar-refractivity contribution in [3.8, 4) is 0 Å². The lowest BCUT2D eigenvalue weighted by molar-refractivity contribution is -0.138. The number of amides is 2. The number of nitrogens with one attached hydrogen (secondary N) is 1. The summed E-state index contributed by atoms with van der Waals surface area (Å²) in [5.74, 6) is -0.816. The van der Waals surface area contributed by atoms with Gasteiger partial charge in [-0.3, -0.25) is 14.4 Å². The molecule has 0 aromatic heterocycles. The second-order valence-electron chi connectivity index (χ2n) is 2.74. The normalized spacial score (nSPS) is 9.62. The van der Waals surface area contributed by atoms with Crippen LogP contribution in [0.5, 0.6) is 0 Å². The molecule has 0 fully saturated rings. The summed E-state index contributed by atoms with van der Waals surface area (Å²) in [5, 5.41) is 0. The molecule has 0 saturated carbocycles. The SMILES string of the molecule is CCCCCC(=O)NOCC(N)=O. The molecule has 0 bridgehead atoms. The van der Waals surface area contributed by atoms with Gasteiger partial charge in [-0.1, -0.05) is 19.8 Å². The number of nitrogens with two attached hydrogens (primary N) is 1. The number of unbranched alkanes of at least 4 members (excludes halogenated alkanes) is 2. The van der Waals surface area contributed by atoms with E-state index in [1.807, 2.05) is 0 Å². The van der Waals surface area contributed by atoms with Gasteiger partial charge in [0.05, 0.1) is 0 Å². The number of rotatable bonds is 7. The van der Waals surface area contributed by atoms with Crippen LogP contribution in [0.2, 0.25) is 0 Å². The number of primary amides is 1. The number of carbonyl (C=O) groups is 2. The minimum Gasteiger partial charge on any atom is -0.368 e. The van der Waals surface area contributed by atoms with Gasteiger partial charge in [0.15, 0.2) is 6.61 Å². The lowest BCUT2D eigenvalue weighted by atomic mass is 10.2. The molecule has 0 radical (unpaired) electrons. The van der Waals surface area contributed by atoms with Crippen LogP contribution in [-0.4, -0.2) is 18.4 Å². The van der Waals surface area contributed by atoms with Crippen molar-refractivity contribution in [1.29, 1.82) is 0 Å². The van der Waals surface area contributed by atoms with E-state index in [0.29, 0.717) is 6.42 Å². The third-order valence-electron chi connectivity index (χ3n) is 1.41. The molecule has 0 rings (SSSR count). The average molecular weight is 188 g/mol. The number of hydroxylamine groups is 1. The predicted molar refractivity (Wildman–Crippen MR) is 47.4 cm³/mol. The van der Waals surface area contributed by atoms with Crippen molar-refractivity contribution in [2.24, 2.45) is 5.73 Å². The second kappa shape index (κ2) is 7.54. The molecule has 0 aliphatic heterocycles. The summed E-state index contributed by atoms with van der Waals surface area (Å²) in [6.45, 7) is 1.78. The van der Waals surface area contributed by atoms with Gasteiger partial charge in [-0.05, 0) is 6.42 Å². The van der Waals surface area contributed by atoms with Crippen molar-refractivity contribution in [3.05, 3.63) is 0 Å². The van der Waals surface area contributed by atoms with Gasteiger partial charge in [0.2, 0.25) is 11.8 Å². The molecule has 0 aromatic rings. The van der Waals surface area contributed by atoms with E-state index in [-0.39, 0.29) is 12.5 Å². The zero-order valence-electron chi connectivity index (χ0n) is 7.84. The lowest BCUT2D eigenvalue weighted by Crippen LogP contribution is -2.29. The first kappa shape index (κ1) is 11.9. The summed E-state index contributed by atoms with van der Waals surface area (Å²) >= 11 is 0. The van der Waals surface area contributed by atoms with Crippen LogP contribution in [0.15, 0.2) is 0 Å². The summed E-state index contributed by atoms with van der Waals surface area (Å²) in [7, 11) is 0. The third-order valence-corrected chi connectivity index (χ3v) is 1.41. The Bertz CT molecular complexity index is 171. The van der Waals surface area contributed by atoms with E-state index in [2.05, 4.69) is 17.2 Å². The topological polar surface area (TPSA) is 81.4 Å². The molecular weight excluding hydrogens is 172 g/mol. The van der Waals surface area contributed by atoms with E-state index in [0.717, 1.165) is 19.3 Å². The maximum atomic E-state index is 10.9. The lowest BCUT2D eigenvalue weighted by Gasteiger charge is -2.02. The maximum absolute atomic E-state index is 10.9. The molecule has 0 aromatic carbocycles. The minimum absolute atomic E-state index is 0.213. The second-order valence-corrected chi connectivity index (χ2v) is 2.74. The Hall–Kier alpha value is -1.10. The van der Waals surface area contributed by atoms with Crippen molar-refractivity contribution >= 4 is 11.8 Å². The molecule has 76 valence electrons. The maximum Gasteiger partial charge on any atom is 0.246 e. The highest BCUT2D eigenvalue weighted by molar-refractivity contribution is 5.76. The molecule has 0 unspecified atom stereocenters. The summed E-state index contributed by atoms with van der Waals surface area (Å²) in [5.41, 5.74) is 6.92. The van der Waals surface area contributed by atoms with Crippen molar-refractivity contribution in [2.75, 3.05) is 6.61 Å². The molecule has 2 amide bonds. The van der Waals surface area contributed by atoms with Gasteiger partial charge < -0.3 is 5.73 Å². The Kier molecular flexibility index (Phi) is 6.91. The molecule has 0 heterocycles. The Morgan fingerprint density at radius 1 is 1.38 bits per heavy atom. The smallest absolute Gasteiger partial charge is 0.246 e. The first-order valence-corrected chi connectivity index (χ1v) is 4.35. The third kappa shape index (κ3) is 8.81. The van der Waals surface area contributed by atoms with Gasteiger partial charge in [0, 0.05) is 6.42 Å². The molecule has 0 atom stereocenters. The van der Waals surface area contributed by atoms with Crippen LogP contribution in [0, 0.1) is 0 Å². The molecule has 5 heteroatoms. The average Bonchev–Trinajstić information content (AvgIpc) is 2.04. The fourth-order valence-corrected chi connectivity index (χ4v) is 0.774. The Morgan fingerprint density at radius 3 is 2.62 bits per heavy atom. The van der Waals surface area contributed by atoms with E-state index in [1.165, 1.54) is 0 Å². The fourth-order valence-electron chi connectivity index (χ4n) is 0.774. The fraction of sp³-hybridized carbons (Fsp3) is 0.750. The van der Waals surface area contributed by atoms with Gasteiger partial charge in [-0.2, -0.15) is 0 Å². The summed E-state index contributed by atoms with van der Waals surface area (Å²) in [6.07, 6.45) is 3.34. The quantitative estimate of drug-likeness (QED) is 0.439. The predicted octanol–water partition coefficient (Wildman–Crippen LogP) is 0.0998. The molecule has 0 saturated heterocycles. The molecule has 0 spiro atoms. The van der Waals surface area contributed by atoms with E-state index in [9.17, 15) is 9.59 Å². The molecular formula is C8H16N2O3. The molecule has 3 N–H and O–H groups in total.